The Balaban J connectivity index is 1.43. The highest BCUT2D eigenvalue weighted by molar-refractivity contribution is 5.82. The van der Waals surface area contributed by atoms with Gasteiger partial charge in [0, 0.05) is 6.42 Å². The van der Waals surface area contributed by atoms with E-state index in [0.29, 0.717) is 12.3 Å². The third-order valence-corrected chi connectivity index (χ3v) is 4.02. The number of fused-ring (bicyclic) bond motifs is 2. The zero-order chi connectivity index (χ0) is 15.8. The van der Waals surface area contributed by atoms with Crippen molar-refractivity contribution in [3.8, 4) is 5.75 Å². The number of nitrogens with zero attached hydrogens (tertiary/aromatic N) is 1. The Bertz CT molecular complexity index is 860. The number of aromatic nitrogens is 1. The molecule has 2 heterocycles. The molecule has 1 amide bonds. The van der Waals surface area contributed by atoms with Gasteiger partial charge in [-0.3, -0.25) is 4.79 Å². The molecular formula is C18H16N2O3. The van der Waals surface area contributed by atoms with Crippen molar-refractivity contribution in [2.75, 3.05) is 0 Å². The Labute approximate surface area is 133 Å². The summed E-state index contributed by atoms with van der Waals surface area (Å²) < 4.78 is 11.3. The van der Waals surface area contributed by atoms with Crippen molar-refractivity contribution in [2.45, 2.75) is 26.0 Å². The van der Waals surface area contributed by atoms with E-state index in [1.807, 2.05) is 49.4 Å². The van der Waals surface area contributed by atoms with Crippen LogP contribution in [0.3, 0.4) is 0 Å². The van der Waals surface area contributed by atoms with Crippen LogP contribution in [0.25, 0.3) is 11.1 Å². The highest BCUT2D eigenvalue weighted by Gasteiger charge is 2.28. The monoisotopic (exact) mass is 308 g/mol. The minimum absolute atomic E-state index is 0.153. The second kappa shape index (κ2) is 5.43. The van der Waals surface area contributed by atoms with Gasteiger partial charge in [0.1, 0.15) is 11.3 Å². The SMILES string of the molecule is Cc1cccc2oc(CNC(=O)[C@@H]3Cc4ccccc4O3)nc12. The predicted octanol–water partition coefficient (Wildman–Crippen LogP) is 2.76. The van der Waals surface area contributed by atoms with Gasteiger partial charge in [0.05, 0.1) is 6.54 Å². The fraction of sp³-hybridized carbons (Fsp3) is 0.222. The van der Waals surface area contributed by atoms with Gasteiger partial charge in [-0.25, -0.2) is 4.98 Å². The van der Waals surface area contributed by atoms with Crippen molar-refractivity contribution in [3.63, 3.8) is 0 Å². The molecule has 1 aliphatic heterocycles. The molecule has 5 heteroatoms. The normalized spacial score (nSPS) is 16.1. The van der Waals surface area contributed by atoms with Crippen LogP contribution in [-0.2, 0) is 17.8 Å². The molecule has 0 radical (unpaired) electrons. The van der Waals surface area contributed by atoms with Crippen LogP contribution in [0.5, 0.6) is 5.75 Å². The number of rotatable bonds is 3. The van der Waals surface area contributed by atoms with Crippen molar-refractivity contribution < 1.29 is 13.9 Å². The number of para-hydroxylation sites is 2. The fourth-order valence-electron chi connectivity index (χ4n) is 2.81. The molecule has 23 heavy (non-hydrogen) atoms. The number of carbonyl (C=O) groups is 1. The standard InChI is InChI=1S/C18H16N2O3/c1-11-5-4-8-14-17(11)20-16(23-14)10-19-18(21)15-9-12-6-2-3-7-13(12)22-15/h2-8,15H,9-10H2,1H3,(H,19,21)/t15-/m0/s1. The summed E-state index contributed by atoms with van der Waals surface area (Å²) in [5.74, 6) is 1.13. The molecule has 116 valence electrons. The molecule has 4 rings (SSSR count). The predicted molar refractivity (Wildman–Crippen MR) is 85.2 cm³/mol. The first kappa shape index (κ1) is 13.8. The minimum Gasteiger partial charge on any atom is -0.480 e. The van der Waals surface area contributed by atoms with Gasteiger partial charge in [-0.2, -0.15) is 0 Å². The number of oxazole rings is 1. The molecule has 5 nitrogen and oxygen atoms in total. The summed E-state index contributed by atoms with van der Waals surface area (Å²) in [6, 6.07) is 13.5. The second-order valence-corrected chi connectivity index (χ2v) is 5.67. The molecule has 1 N–H and O–H groups in total. The van der Waals surface area contributed by atoms with Crippen LogP contribution in [0, 0.1) is 6.92 Å². The molecular weight excluding hydrogens is 292 g/mol. The van der Waals surface area contributed by atoms with Gasteiger partial charge in [0.15, 0.2) is 11.7 Å². The Morgan fingerprint density at radius 3 is 2.96 bits per heavy atom. The lowest BCUT2D eigenvalue weighted by molar-refractivity contribution is -0.127. The van der Waals surface area contributed by atoms with E-state index in [1.54, 1.807) is 0 Å². The van der Waals surface area contributed by atoms with Gasteiger partial charge in [0.2, 0.25) is 5.89 Å². The third-order valence-electron chi connectivity index (χ3n) is 4.02. The first-order valence-corrected chi connectivity index (χ1v) is 7.58. The lowest BCUT2D eigenvalue weighted by Gasteiger charge is -2.09. The van der Waals surface area contributed by atoms with Crippen molar-refractivity contribution in [3.05, 3.63) is 59.5 Å². The van der Waals surface area contributed by atoms with Gasteiger partial charge in [-0.05, 0) is 30.2 Å². The van der Waals surface area contributed by atoms with Crippen LogP contribution >= 0.6 is 0 Å². The van der Waals surface area contributed by atoms with E-state index in [9.17, 15) is 4.79 Å². The van der Waals surface area contributed by atoms with Crippen molar-refractivity contribution in [1.29, 1.82) is 0 Å². The number of ether oxygens (including phenoxy) is 1. The Morgan fingerprint density at radius 1 is 1.26 bits per heavy atom. The van der Waals surface area contributed by atoms with E-state index in [2.05, 4.69) is 10.3 Å². The maximum Gasteiger partial charge on any atom is 0.261 e. The minimum atomic E-state index is -0.487. The first-order valence-electron chi connectivity index (χ1n) is 7.58. The lowest BCUT2D eigenvalue weighted by Crippen LogP contribution is -2.37. The Hall–Kier alpha value is -2.82. The maximum atomic E-state index is 12.3. The summed E-state index contributed by atoms with van der Waals surface area (Å²) in [5.41, 5.74) is 3.68. The molecule has 0 aliphatic carbocycles. The number of carbonyl (C=O) groups excluding carboxylic acids is 1. The topological polar surface area (TPSA) is 64.4 Å². The van der Waals surface area contributed by atoms with Crippen LogP contribution in [0.4, 0.5) is 0 Å². The van der Waals surface area contributed by atoms with E-state index < -0.39 is 6.10 Å². The van der Waals surface area contributed by atoms with Gasteiger partial charge >= 0.3 is 0 Å². The van der Waals surface area contributed by atoms with E-state index >= 15 is 0 Å². The zero-order valence-corrected chi connectivity index (χ0v) is 12.7. The summed E-state index contributed by atoms with van der Waals surface area (Å²) in [7, 11) is 0. The number of benzene rings is 2. The molecule has 0 bridgehead atoms. The maximum absolute atomic E-state index is 12.3. The van der Waals surface area contributed by atoms with Crippen molar-refractivity contribution in [1.82, 2.24) is 10.3 Å². The first-order chi connectivity index (χ1) is 11.2. The average molecular weight is 308 g/mol. The summed E-state index contributed by atoms with van der Waals surface area (Å²) in [4.78, 5) is 16.7. The van der Waals surface area contributed by atoms with Crippen molar-refractivity contribution in [2.24, 2.45) is 0 Å². The summed E-state index contributed by atoms with van der Waals surface area (Å²) in [5, 5.41) is 2.84. The third kappa shape index (κ3) is 2.54. The summed E-state index contributed by atoms with van der Waals surface area (Å²) >= 11 is 0. The summed E-state index contributed by atoms with van der Waals surface area (Å²) in [6.07, 6.45) is 0.104. The van der Waals surface area contributed by atoms with E-state index in [0.717, 1.165) is 28.0 Å². The van der Waals surface area contributed by atoms with Crippen LogP contribution in [-0.4, -0.2) is 17.0 Å². The van der Waals surface area contributed by atoms with Crippen LogP contribution in [0.1, 0.15) is 17.0 Å². The molecule has 1 atom stereocenters. The largest absolute Gasteiger partial charge is 0.480 e. The smallest absolute Gasteiger partial charge is 0.261 e. The number of aryl methyl sites for hydroxylation is 1. The molecule has 0 saturated heterocycles. The molecule has 0 saturated carbocycles. The van der Waals surface area contributed by atoms with Crippen LogP contribution < -0.4 is 10.1 Å². The van der Waals surface area contributed by atoms with Gasteiger partial charge in [-0.15, -0.1) is 0 Å². The molecule has 0 fully saturated rings. The fourth-order valence-corrected chi connectivity index (χ4v) is 2.81. The van der Waals surface area contributed by atoms with E-state index in [1.165, 1.54) is 0 Å². The highest BCUT2D eigenvalue weighted by atomic mass is 16.5. The Morgan fingerprint density at radius 2 is 2.13 bits per heavy atom. The quantitative estimate of drug-likeness (QED) is 0.808. The number of amides is 1. The Kier molecular flexibility index (Phi) is 3.26. The molecule has 1 aromatic heterocycles. The molecule has 2 aromatic carbocycles. The summed E-state index contributed by atoms with van der Waals surface area (Å²) in [6.45, 7) is 2.24. The number of hydrogen-bond donors (Lipinski definition) is 1. The molecule has 0 unspecified atom stereocenters. The molecule has 1 aliphatic rings. The average Bonchev–Trinajstić information content (AvgIpc) is 3.17. The molecule has 0 spiro atoms. The van der Waals surface area contributed by atoms with Crippen molar-refractivity contribution >= 4 is 17.0 Å². The highest BCUT2D eigenvalue weighted by Crippen LogP contribution is 2.28. The zero-order valence-electron chi connectivity index (χ0n) is 12.7. The molecule has 3 aromatic rings. The lowest BCUT2D eigenvalue weighted by atomic mass is 10.1. The van der Waals surface area contributed by atoms with Gasteiger partial charge < -0.3 is 14.5 Å². The van der Waals surface area contributed by atoms with Gasteiger partial charge in [-0.1, -0.05) is 30.3 Å². The number of hydrogen-bond acceptors (Lipinski definition) is 4. The van der Waals surface area contributed by atoms with Crippen LogP contribution in [0.15, 0.2) is 46.9 Å². The van der Waals surface area contributed by atoms with Crippen LogP contribution in [0.2, 0.25) is 0 Å². The number of nitrogens with one attached hydrogen (secondary N) is 1. The van der Waals surface area contributed by atoms with E-state index in [4.69, 9.17) is 9.15 Å². The second-order valence-electron chi connectivity index (χ2n) is 5.67. The van der Waals surface area contributed by atoms with E-state index in [-0.39, 0.29) is 12.5 Å². The van der Waals surface area contributed by atoms with Gasteiger partial charge in [0.25, 0.3) is 5.91 Å².